The first-order valence-corrected chi connectivity index (χ1v) is 16.1. The number of rotatable bonds is 9. The first kappa shape index (κ1) is 32.0. The standard InChI is InChI=1S/C42H34O3S/c1-3-44-42(43)31-45-41-27-26-39(30-32(41)2)46-29-28-40(37-22-18-35(19-23-37)16-14-33-10-6-4-7-11-33)38-24-20-36(21-25-38)17-15-34-12-8-5-9-13-34/h4-13,18-28,30H,3,29,31H2,1-2H3. The van der Waals surface area contributed by atoms with Crippen LogP contribution >= 0.6 is 11.8 Å². The molecule has 0 aliphatic heterocycles. The summed E-state index contributed by atoms with van der Waals surface area (Å²) in [5.41, 5.74) is 8.27. The van der Waals surface area contributed by atoms with Gasteiger partial charge in [0.2, 0.25) is 0 Å². The quantitative estimate of drug-likeness (QED) is 0.0939. The summed E-state index contributed by atoms with van der Waals surface area (Å²) in [7, 11) is 0. The van der Waals surface area contributed by atoms with Gasteiger partial charge in [0.05, 0.1) is 6.61 Å². The number of hydrogen-bond acceptors (Lipinski definition) is 4. The van der Waals surface area contributed by atoms with Crippen molar-refractivity contribution in [3.63, 3.8) is 0 Å². The zero-order valence-corrected chi connectivity index (χ0v) is 26.8. The van der Waals surface area contributed by atoms with Crippen LogP contribution in [0.5, 0.6) is 5.75 Å². The number of carbonyl (C=O) groups excluding carboxylic acids is 1. The average Bonchev–Trinajstić information content (AvgIpc) is 3.10. The van der Waals surface area contributed by atoms with E-state index in [0.29, 0.717) is 12.4 Å². The maximum Gasteiger partial charge on any atom is 0.344 e. The SMILES string of the molecule is CCOC(=O)COc1ccc(SCC=C(c2ccc(C#Cc3ccccc3)cc2)c2ccc(C#Cc3ccccc3)cc2)cc1C. The van der Waals surface area contributed by atoms with Crippen LogP contribution in [-0.4, -0.2) is 24.9 Å². The highest BCUT2D eigenvalue weighted by Crippen LogP contribution is 2.29. The number of thioether (sulfide) groups is 1. The molecule has 0 heterocycles. The molecule has 0 aromatic heterocycles. The largest absolute Gasteiger partial charge is 0.482 e. The number of carbonyl (C=O) groups is 1. The molecule has 0 aliphatic carbocycles. The van der Waals surface area contributed by atoms with E-state index in [2.05, 4.69) is 84.4 Å². The Balaban J connectivity index is 1.35. The minimum Gasteiger partial charge on any atom is -0.482 e. The molecule has 0 radical (unpaired) electrons. The van der Waals surface area contributed by atoms with Crippen LogP contribution in [-0.2, 0) is 9.53 Å². The van der Waals surface area contributed by atoms with Crippen molar-refractivity contribution in [3.8, 4) is 29.4 Å². The number of benzene rings is 5. The third kappa shape index (κ3) is 9.54. The molecule has 46 heavy (non-hydrogen) atoms. The van der Waals surface area contributed by atoms with E-state index in [0.717, 1.165) is 55.2 Å². The molecule has 0 fully saturated rings. The van der Waals surface area contributed by atoms with Gasteiger partial charge in [-0.05, 0) is 103 Å². The van der Waals surface area contributed by atoms with Gasteiger partial charge in [0.25, 0.3) is 0 Å². The van der Waals surface area contributed by atoms with E-state index in [9.17, 15) is 4.79 Å². The van der Waals surface area contributed by atoms with Gasteiger partial charge in [-0.3, -0.25) is 0 Å². The van der Waals surface area contributed by atoms with Crippen LogP contribution in [0.3, 0.4) is 0 Å². The molecule has 0 N–H and O–H groups in total. The molecule has 226 valence electrons. The summed E-state index contributed by atoms with van der Waals surface area (Å²) in [6.07, 6.45) is 2.26. The molecule has 5 aromatic carbocycles. The van der Waals surface area contributed by atoms with E-state index >= 15 is 0 Å². The molecular weight excluding hydrogens is 585 g/mol. The fourth-order valence-corrected chi connectivity index (χ4v) is 5.50. The third-order valence-corrected chi connectivity index (χ3v) is 7.90. The molecule has 0 aliphatic rings. The lowest BCUT2D eigenvalue weighted by Crippen LogP contribution is -2.14. The van der Waals surface area contributed by atoms with Crippen molar-refractivity contribution in [2.24, 2.45) is 0 Å². The number of ether oxygens (including phenoxy) is 2. The highest BCUT2D eigenvalue weighted by molar-refractivity contribution is 7.99. The van der Waals surface area contributed by atoms with Crippen molar-refractivity contribution >= 4 is 23.3 Å². The first-order valence-electron chi connectivity index (χ1n) is 15.1. The lowest BCUT2D eigenvalue weighted by molar-refractivity contribution is -0.145. The van der Waals surface area contributed by atoms with Crippen molar-refractivity contribution in [2.75, 3.05) is 19.0 Å². The highest BCUT2D eigenvalue weighted by atomic mass is 32.2. The predicted molar refractivity (Wildman–Crippen MR) is 189 cm³/mol. The molecule has 5 aromatic rings. The Labute approximate surface area is 276 Å². The smallest absolute Gasteiger partial charge is 0.344 e. The maximum atomic E-state index is 11.7. The summed E-state index contributed by atoms with van der Waals surface area (Å²) in [5, 5.41) is 0. The van der Waals surface area contributed by atoms with Crippen LogP contribution in [0.25, 0.3) is 5.57 Å². The van der Waals surface area contributed by atoms with Gasteiger partial charge in [-0.25, -0.2) is 4.79 Å². The summed E-state index contributed by atoms with van der Waals surface area (Å²) in [6.45, 7) is 4.00. The van der Waals surface area contributed by atoms with E-state index in [1.165, 1.54) is 0 Å². The Morgan fingerprint density at radius 2 is 1.17 bits per heavy atom. The summed E-state index contributed by atoms with van der Waals surface area (Å²) in [5.74, 6) is 14.1. The minimum atomic E-state index is -0.370. The molecule has 3 nitrogen and oxygen atoms in total. The molecule has 0 unspecified atom stereocenters. The van der Waals surface area contributed by atoms with Crippen LogP contribution in [0.2, 0.25) is 0 Å². The maximum absolute atomic E-state index is 11.7. The Morgan fingerprint density at radius 1 is 0.674 bits per heavy atom. The minimum absolute atomic E-state index is 0.0967. The first-order chi connectivity index (χ1) is 22.6. The average molecular weight is 619 g/mol. The highest BCUT2D eigenvalue weighted by Gasteiger charge is 2.08. The summed E-state index contributed by atoms with van der Waals surface area (Å²) in [4.78, 5) is 12.8. The van der Waals surface area contributed by atoms with Gasteiger partial charge in [-0.2, -0.15) is 0 Å². The molecular formula is C42H34O3S. The van der Waals surface area contributed by atoms with Gasteiger partial charge in [0.1, 0.15) is 5.75 Å². The molecule has 0 amide bonds. The van der Waals surface area contributed by atoms with Gasteiger partial charge in [-0.15, -0.1) is 11.8 Å². The Bertz CT molecular complexity index is 1800. The second-order valence-electron chi connectivity index (χ2n) is 10.3. The molecule has 0 bridgehead atoms. The van der Waals surface area contributed by atoms with Gasteiger partial charge >= 0.3 is 5.97 Å². The zero-order valence-electron chi connectivity index (χ0n) is 26.0. The predicted octanol–water partition coefficient (Wildman–Crippen LogP) is 8.96. The van der Waals surface area contributed by atoms with Crippen LogP contribution < -0.4 is 4.74 Å². The van der Waals surface area contributed by atoms with Crippen molar-refractivity contribution in [1.82, 2.24) is 0 Å². The second kappa shape index (κ2) is 16.6. The monoisotopic (exact) mass is 618 g/mol. The lowest BCUT2D eigenvalue weighted by Gasteiger charge is -2.11. The van der Waals surface area contributed by atoms with Crippen LogP contribution in [0, 0.1) is 30.6 Å². The Kier molecular flexibility index (Phi) is 11.5. The van der Waals surface area contributed by atoms with Crippen molar-refractivity contribution < 1.29 is 14.3 Å². The summed E-state index contributed by atoms with van der Waals surface area (Å²) >= 11 is 1.74. The molecule has 0 saturated carbocycles. The zero-order chi connectivity index (χ0) is 32.0. The molecule has 4 heteroatoms. The number of hydrogen-bond donors (Lipinski definition) is 0. The van der Waals surface area contributed by atoms with E-state index < -0.39 is 0 Å². The van der Waals surface area contributed by atoms with E-state index in [1.807, 2.05) is 79.7 Å². The molecule has 0 saturated heterocycles. The van der Waals surface area contributed by atoms with Crippen LogP contribution in [0.15, 0.2) is 138 Å². The van der Waals surface area contributed by atoms with Gasteiger partial charge in [0.15, 0.2) is 6.61 Å². The van der Waals surface area contributed by atoms with E-state index in [4.69, 9.17) is 9.47 Å². The fourth-order valence-electron chi connectivity index (χ4n) is 4.63. The molecule has 0 atom stereocenters. The van der Waals surface area contributed by atoms with Crippen molar-refractivity contribution in [3.05, 3.63) is 172 Å². The van der Waals surface area contributed by atoms with E-state index in [-0.39, 0.29) is 12.6 Å². The van der Waals surface area contributed by atoms with Crippen LogP contribution in [0.1, 0.15) is 45.9 Å². The summed E-state index contributed by atoms with van der Waals surface area (Å²) in [6, 6.07) is 42.9. The normalized spacial score (nSPS) is 10.0. The lowest BCUT2D eigenvalue weighted by atomic mass is 9.96. The Morgan fingerprint density at radius 3 is 1.65 bits per heavy atom. The topological polar surface area (TPSA) is 35.5 Å². The number of esters is 1. The van der Waals surface area contributed by atoms with E-state index in [1.54, 1.807) is 18.7 Å². The molecule has 5 rings (SSSR count). The van der Waals surface area contributed by atoms with Gasteiger partial charge in [-0.1, -0.05) is 90.4 Å². The molecule has 0 spiro atoms. The van der Waals surface area contributed by atoms with Crippen molar-refractivity contribution in [1.29, 1.82) is 0 Å². The fraction of sp³-hybridized carbons (Fsp3) is 0.119. The van der Waals surface area contributed by atoms with Gasteiger partial charge in [0, 0.05) is 32.9 Å². The van der Waals surface area contributed by atoms with Crippen LogP contribution in [0.4, 0.5) is 0 Å². The van der Waals surface area contributed by atoms with Crippen molar-refractivity contribution in [2.45, 2.75) is 18.7 Å². The Hall–Kier alpha value is -5.42. The summed E-state index contributed by atoms with van der Waals surface area (Å²) < 4.78 is 10.6. The number of aryl methyl sites for hydroxylation is 1. The van der Waals surface area contributed by atoms with Gasteiger partial charge < -0.3 is 9.47 Å². The third-order valence-electron chi connectivity index (χ3n) is 6.98. The second-order valence-corrected chi connectivity index (χ2v) is 11.4.